The van der Waals surface area contributed by atoms with Crippen LogP contribution in [0.4, 0.5) is 5.69 Å². The highest BCUT2D eigenvalue weighted by Gasteiger charge is 2.17. The van der Waals surface area contributed by atoms with Gasteiger partial charge in [-0.3, -0.25) is 9.78 Å². The fourth-order valence-corrected chi connectivity index (χ4v) is 2.38. The van der Waals surface area contributed by atoms with Gasteiger partial charge in [-0.25, -0.2) is 0 Å². The molecule has 1 aromatic rings. The highest BCUT2D eigenvalue weighted by atomic mass is 16.1. The van der Waals surface area contributed by atoms with Gasteiger partial charge in [0.2, 0.25) is 0 Å². The van der Waals surface area contributed by atoms with Gasteiger partial charge in [-0.1, -0.05) is 19.3 Å². The first-order chi connectivity index (χ1) is 8.79. The van der Waals surface area contributed by atoms with E-state index in [1.54, 1.807) is 6.20 Å². The first-order valence-corrected chi connectivity index (χ1v) is 6.80. The summed E-state index contributed by atoms with van der Waals surface area (Å²) in [7, 11) is 0. The van der Waals surface area contributed by atoms with Gasteiger partial charge in [0.25, 0.3) is 5.91 Å². The number of aromatic nitrogens is 1. The van der Waals surface area contributed by atoms with Crippen LogP contribution in [0, 0.1) is 0 Å². The van der Waals surface area contributed by atoms with Crippen LogP contribution in [0.3, 0.4) is 0 Å². The summed E-state index contributed by atoms with van der Waals surface area (Å²) in [5.41, 5.74) is 1.44. The molecule has 2 N–H and O–H groups in total. The van der Waals surface area contributed by atoms with E-state index in [1.165, 1.54) is 19.3 Å². The SMILES string of the molecule is CCNc1ccnc(C(=O)NC2CCCCC2)c1. The Morgan fingerprint density at radius 2 is 2.17 bits per heavy atom. The molecule has 1 aliphatic carbocycles. The van der Waals surface area contributed by atoms with E-state index in [0.717, 1.165) is 25.1 Å². The molecule has 1 amide bonds. The van der Waals surface area contributed by atoms with Crippen molar-refractivity contribution < 1.29 is 4.79 Å². The molecule has 0 radical (unpaired) electrons. The highest BCUT2D eigenvalue weighted by molar-refractivity contribution is 5.93. The van der Waals surface area contributed by atoms with Crippen molar-refractivity contribution in [2.45, 2.75) is 45.1 Å². The lowest BCUT2D eigenvalue weighted by molar-refractivity contribution is 0.0922. The third-order valence-corrected chi connectivity index (χ3v) is 3.31. The van der Waals surface area contributed by atoms with E-state index in [4.69, 9.17) is 0 Å². The van der Waals surface area contributed by atoms with Crippen molar-refractivity contribution in [2.75, 3.05) is 11.9 Å². The van der Waals surface area contributed by atoms with Crippen LogP contribution >= 0.6 is 0 Å². The molecule has 0 aromatic carbocycles. The molecule has 2 rings (SSSR count). The van der Waals surface area contributed by atoms with Gasteiger partial charge < -0.3 is 10.6 Å². The normalized spacial score (nSPS) is 16.3. The smallest absolute Gasteiger partial charge is 0.270 e. The minimum atomic E-state index is -0.0540. The van der Waals surface area contributed by atoms with E-state index in [2.05, 4.69) is 15.6 Å². The Labute approximate surface area is 108 Å². The predicted molar refractivity (Wildman–Crippen MR) is 72.7 cm³/mol. The largest absolute Gasteiger partial charge is 0.385 e. The minimum Gasteiger partial charge on any atom is -0.385 e. The number of anilines is 1. The third-order valence-electron chi connectivity index (χ3n) is 3.31. The Bertz CT molecular complexity index is 400. The number of carbonyl (C=O) groups is 1. The third kappa shape index (κ3) is 3.45. The van der Waals surface area contributed by atoms with Gasteiger partial charge in [0, 0.05) is 24.5 Å². The molecule has 4 heteroatoms. The standard InChI is InChI=1S/C14H21N3O/c1-2-15-12-8-9-16-13(10-12)14(18)17-11-6-4-3-5-7-11/h8-11H,2-7H2,1H3,(H,15,16)(H,17,18). The topological polar surface area (TPSA) is 54.0 Å². The molecular weight excluding hydrogens is 226 g/mol. The van der Waals surface area contributed by atoms with Crippen molar-refractivity contribution in [3.05, 3.63) is 24.0 Å². The minimum absolute atomic E-state index is 0.0540. The number of pyridine rings is 1. The lowest BCUT2D eigenvalue weighted by atomic mass is 9.95. The molecule has 1 heterocycles. The van der Waals surface area contributed by atoms with E-state index >= 15 is 0 Å². The number of carbonyl (C=O) groups excluding carboxylic acids is 1. The van der Waals surface area contributed by atoms with E-state index in [-0.39, 0.29) is 5.91 Å². The Morgan fingerprint density at radius 3 is 2.89 bits per heavy atom. The van der Waals surface area contributed by atoms with Gasteiger partial charge in [-0.15, -0.1) is 0 Å². The molecule has 1 fully saturated rings. The number of hydrogen-bond donors (Lipinski definition) is 2. The first kappa shape index (κ1) is 12.9. The molecule has 18 heavy (non-hydrogen) atoms. The second-order valence-electron chi connectivity index (χ2n) is 4.77. The fourth-order valence-electron chi connectivity index (χ4n) is 2.38. The van der Waals surface area contributed by atoms with Gasteiger partial charge in [0.05, 0.1) is 0 Å². The number of nitrogens with one attached hydrogen (secondary N) is 2. The van der Waals surface area contributed by atoms with Crippen molar-refractivity contribution in [2.24, 2.45) is 0 Å². The van der Waals surface area contributed by atoms with E-state index in [1.807, 2.05) is 19.1 Å². The summed E-state index contributed by atoms with van der Waals surface area (Å²) in [5.74, 6) is -0.0540. The van der Waals surface area contributed by atoms with Crippen molar-refractivity contribution in [1.82, 2.24) is 10.3 Å². The number of hydrogen-bond acceptors (Lipinski definition) is 3. The maximum Gasteiger partial charge on any atom is 0.270 e. The van der Waals surface area contributed by atoms with Crippen LogP contribution in [-0.2, 0) is 0 Å². The summed E-state index contributed by atoms with van der Waals surface area (Å²) in [5, 5.41) is 6.26. The number of amides is 1. The van der Waals surface area contributed by atoms with Crippen LogP contribution in [0.5, 0.6) is 0 Å². The van der Waals surface area contributed by atoms with Crippen LogP contribution in [0.1, 0.15) is 49.5 Å². The lowest BCUT2D eigenvalue weighted by Crippen LogP contribution is -2.36. The molecule has 0 atom stereocenters. The van der Waals surface area contributed by atoms with Gasteiger partial charge in [-0.05, 0) is 31.9 Å². The summed E-state index contributed by atoms with van der Waals surface area (Å²) < 4.78 is 0. The van der Waals surface area contributed by atoms with Gasteiger partial charge >= 0.3 is 0 Å². The number of rotatable bonds is 4. The maximum absolute atomic E-state index is 12.1. The molecule has 0 bridgehead atoms. The average molecular weight is 247 g/mol. The predicted octanol–water partition coefficient (Wildman–Crippen LogP) is 2.58. The summed E-state index contributed by atoms with van der Waals surface area (Å²) in [6.07, 6.45) is 7.59. The van der Waals surface area contributed by atoms with Crippen LogP contribution in [0.15, 0.2) is 18.3 Å². The summed E-state index contributed by atoms with van der Waals surface area (Å²) >= 11 is 0. The molecule has 1 aromatic heterocycles. The molecule has 98 valence electrons. The quantitative estimate of drug-likeness (QED) is 0.859. The summed E-state index contributed by atoms with van der Waals surface area (Å²) in [6.45, 7) is 2.87. The zero-order chi connectivity index (χ0) is 12.8. The fraction of sp³-hybridized carbons (Fsp3) is 0.571. The summed E-state index contributed by atoms with van der Waals surface area (Å²) in [6, 6.07) is 4.01. The second-order valence-corrected chi connectivity index (χ2v) is 4.77. The van der Waals surface area contributed by atoms with Crippen molar-refractivity contribution in [1.29, 1.82) is 0 Å². The van der Waals surface area contributed by atoms with Gasteiger partial charge in [-0.2, -0.15) is 0 Å². The monoisotopic (exact) mass is 247 g/mol. The molecule has 0 saturated heterocycles. The molecular formula is C14H21N3O. The van der Waals surface area contributed by atoms with Crippen molar-refractivity contribution in [3.8, 4) is 0 Å². The zero-order valence-electron chi connectivity index (χ0n) is 10.9. The van der Waals surface area contributed by atoms with Crippen LogP contribution in [-0.4, -0.2) is 23.5 Å². The Balaban J connectivity index is 1.96. The van der Waals surface area contributed by atoms with Crippen LogP contribution < -0.4 is 10.6 Å². The Kier molecular flexibility index (Phi) is 4.56. The van der Waals surface area contributed by atoms with Crippen LogP contribution in [0.25, 0.3) is 0 Å². The molecule has 1 aliphatic rings. The van der Waals surface area contributed by atoms with Gasteiger partial charge in [0.1, 0.15) is 5.69 Å². The molecule has 0 unspecified atom stereocenters. The molecule has 0 aliphatic heterocycles. The van der Waals surface area contributed by atoms with E-state index in [0.29, 0.717) is 11.7 Å². The van der Waals surface area contributed by atoms with Crippen molar-refractivity contribution in [3.63, 3.8) is 0 Å². The molecule has 4 nitrogen and oxygen atoms in total. The second kappa shape index (κ2) is 6.38. The lowest BCUT2D eigenvalue weighted by Gasteiger charge is -2.22. The van der Waals surface area contributed by atoms with E-state index < -0.39 is 0 Å². The number of nitrogens with zero attached hydrogens (tertiary/aromatic N) is 1. The van der Waals surface area contributed by atoms with Crippen LogP contribution in [0.2, 0.25) is 0 Å². The van der Waals surface area contributed by atoms with Crippen molar-refractivity contribution >= 4 is 11.6 Å². The van der Waals surface area contributed by atoms with Gasteiger partial charge in [0.15, 0.2) is 0 Å². The summed E-state index contributed by atoms with van der Waals surface area (Å²) in [4.78, 5) is 16.2. The Morgan fingerprint density at radius 1 is 1.39 bits per heavy atom. The molecule has 0 spiro atoms. The van der Waals surface area contributed by atoms with E-state index in [9.17, 15) is 4.79 Å². The first-order valence-electron chi connectivity index (χ1n) is 6.80. The Hall–Kier alpha value is -1.58. The highest BCUT2D eigenvalue weighted by Crippen LogP contribution is 2.18. The zero-order valence-corrected chi connectivity index (χ0v) is 10.9. The molecule has 1 saturated carbocycles. The average Bonchev–Trinajstić information content (AvgIpc) is 2.40. The maximum atomic E-state index is 12.1.